The van der Waals surface area contributed by atoms with Gasteiger partial charge in [0.05, 0.1) is 0 Å². The van der Waals surface area contributed by atoms with Gasteiger partial charge in [0.1, 0.15) is 7.85 Å². The van der Waals surface area contributed by atoms with Crippen molar-refractivity contribution in [3.05, 3.63) is 0 Å². The highest BCUT2D eigenvalue weighted by Crippen LogP contribution is 2.34. The van der Waals surface area contributed by atoms with Gasteiger partial charge in [-0.25, -0.2) is 0 Å². The second-order valence-electron chi connectivity index (χ2n) is 6.14. The number of unbranched alkanes of at least 4 members (excludes halogenated alkanes) is 7. The van der Waals surface area contributed by atoms with Crippen LogP contribution in [-0.2, 0) is 0 Å². The van der Waals surface area contributed by atoms with Crippen molar-refractivity contribution in [2.75, 3.05) is 0 Å². The maximum atomic E-state index is 2.46. The van der Waals surface area contributed by atoms with E-state index in [-0.39, 0.29) is 0 Å². The highest BCUT2D eigenvalue weighted by Gasteiger charge is 2.16. The van der Waals surface area contributed by atoms with Crippen LogP contribution >= 0.6 is 0 Å². The van der Waals surface area contributed by atoms with E-state index in [2.05, 4.69) is 28.6 Å². The van der Waals surface area contributed by atoms with Crippen LogP contribution in [0.3, 0.4) is 0 Å². The maximum Gasteiger partial charge on any atom is 0.109 e. The third kappa shape index (κ3) is 10.6. The van der Waals surface area contributed by atoms with E-state index in [0.29, 0.717) is 5.31 Å². The molecule has 0 fully saturated rings. The summed E-state index contributed by atoms with van der Waals surface area (Å²) in [5.74, 6) is 0. The average Bonchev–Trinajstić information content (AvgIpc) is 2.24. The van der Waals surface area contributed by atoms with Gasteiger partial charge in [0.15, 0.2) is 0 Å². The Bertz CT molecular complexity index is 140. The van der Waals surface area contributed by atoms with Gasteiger partial charge >= 0.3 is 0 Å². The highest BCUT2D eigenvalue weighted by atomic mass is 14.2. The Morgan fingerprint density at radius 2 is 1.06 bits per heavy atom. The zero-order valence-corrected chi connectivity index (χ0v) is 12.3. The van der Waals surface area contributed by atoms with Crippen molar-refractivity contribution in [2.45, 2.75) is 96.7 Å². The van der Waals surface area contributed by atoms with E-state index in [1.54, 1.807) is 0 Å². The molecule has 96 valence electrons. The molecular formula is C15H33B. The van der Waals surface area contributed by atoms with Gasteiger partial charge in [0.2, 0.25) is 0 Å². The summed E-state index contributed by atoms with van der Waals surface area (Å²) >= 11 is 0. The summed E-state index contributed by atoms with van der Waals surface area (Å²) in [7, 11) is 2.46. The van der Waals surface area contributed by atoms with Gasteiger partial charge < -0.3 is 0 Å². The number of hydrogen-bond acceptors (Lipinski definition) is 0. The SMILES string of the molecule is BC(C)(CCCCCC)CCCCCCC. The molecule has 0 N–H and O–H groups in total. The summed E-state index contributed by atoms with van der Waals surface area (Å²) in [6.45, 7) is 7.04. The fourth-order valence-corrected chi connectivity index (χ4v) is 2.36. The summed E-state index contributed by atoms with van der Waals surface area (Å²) in [5.41, 5.74) is 0. The van der Waals surface area contributed by atoms with Crippen LogP contribution in [-0.4, -0.2) is 7.85 Å². The van der Waals surface area contributed by atoms with E-state index < -0.39 is 0 Å². The van der Waals surface area contributed by atoms with Crippen molar-refractivity contribution in [1.82, 2.24) is 0 Å². The lowest BCUT2D eigenvalue weighted by Gasteiger charge is -2.24. The molecule has 0 aliphatic carbocycles. The molecule has 0 amide bonds. The highest BCUT2D eigenvalue weighted by molar-refractivity contribution is 6.14. The van der Waals surface area contributed by atoms with E-state index >= 15 is 0 Å². The first-order valence-electron chi connectivity index (χ1n) is 7.62. The first-order chi connectivity index (χ1) is 7.62. The van der Waals surface area contributed by atoms with Gasteiger partial charge in [-0.3, -0.25) is 0 Å². The largest absolute Gasteiger partial charge is 0.109 e. The van der Waals surface area contributed by atoms with E-state index in [1.165, 1.54) is 70.6 Å². The molecule has 16 heavy (non-hydrogen) atoms. The summed E-state index contributed by atoms with van der Waals surface area (Å²) in [4.78, 5) is 0. The van der Waals surface area contributed by atoms with Gasteiger partial charge in [0.25, 0.3) is 0 Å². The van der Waals surface area contributed by atoms with Crippen molar-refractivity contribution in [3.8, 4) is 0 Å². The van der Waals surface area contributed by atoms with Gasteiger partial charge in [0, 0.05) is 0 Å². The average molecular weight is 224 g/mol. The number of hydrogen-bond donors (Lipinski definition) is 0. The summed E-state index contributed by atoms with van der Waals surface area (Å²) in [6.07, 6.45) is 15.7. The van der Waals surface area contributed by atoms with Crippen LogP contribution in [0.2, 0.25) is 5.31 Å². The number of rotatable bonds is 11. The molecule has 0 aromatic heterocycles. The van der Waals surface area contributed by atoms with Crippen molar-refractivity contribution in [1.29, 1.82) is 0 Å². The second kappa shape index (κ2) is 10.2. The fourth-order valence-electron chi connectivity index (χ4n) is 2.36. The van der Waals surface area contributed by atoms with Crippen LogP contribution in [0.1, 0.15) is 91.4 Å². The molecular weight excluding hydrogens is 191 g/mol. The smallest absolute Gasteiger partial charge is 0.0669 e. The van der Waals surface area contributed by atoms with E-state index in [9.17, 15) is 0 Å². The Balaban J connectivity index is 3.38. The topological polar surface area (TPSA) is 0 Å². The second-order valence-corrected chi connectivity index (χ2v) is 6.14. The molecule has 0 bridgehead atoms. The molecule has 1 heteroatoms. The van der Waals surface area contributed by atoms with E-state index in [4.69, 9.17) is 0 Å². The lowest BCUT2D eigenvalue weighted by molar-refractivity contribution is 0.454. The van der Waals surface area contributed by atoms with Gasteiger partial charge in [-0.2, -0.15) is 0 Å². The minimum Gasteiger partial charge on any atom is -0.0669 e. The van der Waals surface area contributed by atoms with Gasteiger partial charge in [-0.05, 0) is 0 Å². The van der Waals surface area contributed by atoms with Crippen molar-refractivity contribution in [3.63, 3.8) is 0 Å². The van der Waals surface area contributed by atoms with Crippen LogP contribution in [0, 0.1) is 0 Å². The molecule has 0 nitrogen and oxygen atoms in total. The molecule has 0 radical (unpaired) electrons. The molecule has 0 rings (SSSR count). The first kappa shape index (κ1) is 16.1. The molecule has 0 saturated carbocycles. The van der Waals surface area contributed by atoms with Crippen molar-refractivity contribution >= 4 is 7.85 Å². The summed E-state index contributed by atoms with van der Waals surface area (Å²) in [5, 5.41) is 0.597. The predicted octanol–water partition coefficient (Wildman–Crippen LogP) is 5.13. The third-order valence-corrected chi connectivity index (χ3v) is 3.66. The van der Waals surface area contributed by atoms with Crippen LogP contribution in [0.5, 0.6) is 0 Å². The van der Waals surface area contributed by atoms with E-state index in [0.717, 1.165) is 0 Å². The molecule has 0 aromatic carbocycles. The zero-order valence-electron chi connectivity index (χ0n) is 12.3. The van der Waals surface area contributed by atoms with Crippen LogP contribution < -0.4 is 0 Å². The normalized spacial score (nSPS) is 14.9. The third-order valence-electron chi connectivity index (χ3n) is 3.66. The lowest BCUT2D eigenvalue weighted by Crippen LogP contribution is -2.08. The molecule has 0 aliphatic heterocycles. The lowest BCUT2D eigenvalue weighted by atomic mass is 9.64. The zero-order chi connectivity index (χ0) is 12.3. The fraction of sp³-hybridized carbons (Fsp3) is 1.00. The Morgan fingerprint density at radius 1 is 0.688 bits per heavy atom. The molecule has 0 aromatic rings. The Morgan fingerprint density at radius 3 is 1.50 bits per heavy atom. The molecule has 1 unspecified atom stereocenters. The predicted molar refractivity (Wildman–Crippen MR) is 79.0 cm³/mol. The standard InChI is InChI=1S/C15H33B/c1-4-6-8-10-12-14-15(3,16)13-11-9-7-5-2/h4-14,16H2,1-3H3. The Hall–Kier alpha value is 0.0649. The Kier molecular flexibility index (Phi) is 10.3. The minimum absolute atomic E-state index is 0.597. The van der Waals surface area contributed by atoms with Crippen molar-refractivity contribution in [2.24, 2.45) is 0 Å². The molecule has 0 spiro atoms. The molecule has 1 atom stereocenters. The Labute approximate surface area is 105 Å². The van der Waals surface area contributed by atoms with E-state index in [1.807, 2.05) is 0 Å². The maximum absolute atomic E-state index is 2.46. The summed E-state index contributed by atoms with van der Waals surface area (Å²) in [6, 6.07) is 0. The minimum atomic E-state index is 0.597. The van der Waals surface area contributed by atoms with Crippen LogP contribution in [0.4, 0.5) is 0 Å². The molecule has 0 saturated heterocycles. The van der Waals surface area contributed by atoms with Gasteiger partial charge in [-0.1, -0.05) is 96.7 Å². The van der Waals surface area contributed by atoms with Crippen LogP contribution in [0.15, 0.2) is 0 Å². The summed E-state index contributed by atoms with van der Waals surface area (Å²) < 4.78 is 0. The molecule has 0 aliphatic rings. The quantitative estimate of drug-likeness (QED) is 0.337. The monoisotopic (exact) mass is 224 g/mol. The first-order valence-corrected chi connectivity index (χ1v) is 7.62. The van der Waals surface area contributed by atoms with Gasteiger partial charge in [-0.15, -0.1) is 0 Å². The van der Waals surface area contributed by atoms with Crippen molar-refractivity contribution < 1.29 is 0 Å². The van der Waals surface area contributed by atoms with Crippen LogP contribution in [0.25, 0.3) is 0 Å². The molecule has 0 heterocycles.